The number of hydrogen-bond donors (Lipinski definition) is 2. The average Bonchev–Trinajstić information content (AvgIpc) is 2.50. The molecule has 1 aliphatic rings. The number of carboxylic acid groups (broad SMARTS) is 1. The minimum Gasteiger partial charge on any atom is -0.481 e. The molecular weight excluding hydrogens is 250 g/mol. The third kappa shape index (κ3) is 2.68. The molecule has 98 valence electrons. The smallest absolute Gasteiger partial charge is 0.304 e. The molecule has 0 radical (unpaired) electrons. The quantitative estimate of drug-likeness (QED) is 0.882. The van der Waals surface area contributed by atoms with Crippen molar-refractivity contribution >= 4 is 17.6 Å². The van der Waals surface area contributed by atoms with Crippen LogP contribution in [0.1, 0.15) is 37.4 Å². The molecule has 0 saturated carbocycles. The predicted octanol–water partition coefficient (Wildman–Crippen LogP) is 3.03. The fourth-order valence-electron chi connectivity index (χ4n) is 2.72. The topological polar surface area (TPSA) is 49.3 Å². The van der Waals surface area contributed by atoms with Crippen LogP contribution in [-0.2, 0) is 11.2 Å². The maximum Gasteiger partial charge on any atom is 0.304 e. The van der Waals surface area contributed by atoms with Crippen LogP contribution in [0, 0.1) is 5.41 Å². The fraction of sp³-hybridized carbons (Fsp3) is 0.500. The zero-order valence-corrected chi connectivity index (χ0v) is 11.4. The monoisotopic (exact) mass is 267 g/mol. The molecule has 1 unspecified atom stereocenters. The van der Waals surface area contributed by atoms with Crippen LogP contribution in [0.15, 0.2) is 18.2 Å². The molecule has 0 aromatic heterocycles. The Morgan fingerprint density at radius 1 is 1.56 bits per heavy atom. The van der Waals surface area contributed by atoms with E-state index in [4.69, 9.17) is 16.7 Å². The summed E-state index contributed by atoms with van der Waals surface area (Å²) < 4.78 is 0. The molecule has 0 aliphatic heterocycles. The molecule has 1 aliphatic carbocycles. The Labute approximate surface area is 112 Å². The van der Waals surface area contributed by atoms with Gasteiger partial charge in [0.25, 0.3) is 0 Å². The van der Waals surface area contributed by atoms with Crippen LogP contribution in [0.25, 0.3) is 0 Å². The van der Waals surface area contributed by atoms with Crippen LogP contribution in [0.3, 0.4) is 0 Å². The molecule has 2 rings (SSSR count). The second-order valence-electron chi connectivity index (χ2n) is 5.54. The van der Waals surface area contributed by atoms with E-state index in [0.29, 0.717) is 6.54 Å². The van der Waals surface area contributed by atoms with Crippen molar-refractivity contribution in [2.24, 2.45) is 5.41 Å². The fourth-order valence-corrected chi connectivity index (χ4v) is 2.90. The predicted molar refractivity (Wildman–Crippen MR) is 71.9 cm³/mol. The van der Waals surface area contributed by atoms with Crippen molar-refractivity contribution in [3.63, 3.8) is 0 Å². The second kappa shape index (κ2) is 4.90. The van der Waals surface area contributed by atoms with Crippen molar-refractivity contribution in [2.45, 2.75) is 32.7 Å². The summed E-state index contributed by atoms with van der Waals surface area (Å²) in [5.41, 5.74) is 2.60. The van der Waals surface area contributed by atoms with Gasteiger partial charge in [-0.05, 0) is 35.1 Å². The minimum absolute atomic E-state index is 0.0888. The molecule has 4 heteroatoms. The number of nitrogens with one attached hydrogen (secondary N) is 1. The van der Waals surface area contributed by atoms with Crippen molar-refractivity contribution in [3.05, 3.63) is 34.3 Å². The Morgan fingerprint density at radius 2 is 2.28 bits per heavy atom. The van der Waals surface area contributed by atoms with Crippen LogP contribution in [0.2, 0.25) is 5.02 Å². The Morgan fingerprint density at radius 3 is 2.94 bits per heavy atom. The van der Waals surface area contributed by atoms with Crippen LogP contribution in [-0.4, -0.2) is 17.6 Å². The maximum absolute atomic E-state index is 10.6. The van der Waals surface area contributed by atoms with Gasteiger partial charge in [-0.3, -0.25) is 4.79 Å². The molecule has 2 N–H and O–H groups in total. The number of carboxylic acids is 1. The average molecular weight is 268 g/mol. The van der Waals surface area contributed by atoms with Gasteiger partial charge in [-0.15, -0.1) is 0 Å². The van der Waals surface area contributed by atoms with E-state index in [0.717, 1.165) is 11.4 Å². The van der Waals surface area contributed by atoms with E-state index in [1.165, 1.54) is 11.1 Å². The Kier molecular flexibility index (Phi) is 3.64. The van der Waals surface area contributed by atoms with Gasteiger partial charge in [0.05, 0.1) is 6.42 Å². The van der Waals surface area contributed by atoms with E-state index in [2.05, 4.69) is 25.2 Å². The third-order valence-corrected chi connectivity index (χ3v) is 3.77. The van der Waals surface area contributed by atoms with Crippen molar-refractivity contribution in [1.82, 2.24) is 5.32 Å². The Bertz CT molecular complexity index is 471. The number of halogens is 1. The molecule has 3 nitrogen and oxygen atoms in total. The number of hydrogen-bond acceptors (Lipinski definition) is 2. The zero-order valence-electron chi connectivity index (χ0n) is 10.7. The largest absolute Gasteiger partial charge is 0.481 e. The van der Waals surface area contributed by atoms with Crippen LogP contribution in [0.5, 0.6) is 0 Å². The molecule has 0 spiro atoms. The zero-order chi connectivity index (χ0) is 13.3. The molecule has 0 bridgehead atoms. The van der Waals surface area contributed by atoms with E-state index < -0.39 is 5.97 Å². The standard InChI is InChI=1S/C14H18ClNO2/c1-14(2)8-9-3-4-10(15)7-11(9)13(14)16-6-5-12(17)18/h3-4,7,13,16H,5-6,8H2,1-2H3,(H,17,18). The van der Waals surface area contributed by atoms with Gasteiger partial charge in [0.1, 0.15) is 0 Å². The summed E-state index contributed by atoms with van der Waals surface area (Å²) in [5, 5.41) is 12.8. The van der Waals surface area contributed by atoms with Gasteiger partial charge in [-0.2, -0.15) is 0 Å². The summed E-state index contributed by atoms with van der Waals surface area (Å²) in [6.45, 7) is 4.87. The van der Waals surface area contributed by atoms with Gasteiger partial charge in [-0.1, -0.05) is 31.5 Å². The molecule has 1 aromatic rings. The van der Waals surface area contributed by atoms with Gasteiger partial charge < -0.3 is 10.4 Å². The lowest BCUT2D eigenvalue weighted by Crippen LogP contribution is -2.32. The van der Waals surface area contributed by atoms with Gasteiger partial charge in [0, 0.05) is 17.6 Å². The summed E-state index contributed by atoms with van der Waals surface area (Å²) in [7, 11) is 0. The highest BCUT2D eigenvalue weighted by atomic mass is 35.5. The highest BCUT2D eigenvalue weighted by Crippen LogP contribution is 2.45. The number of aliphatic carboxylic acids is 1. The molecule has 1 atom stereocenters. The molecule has 0 amide bonds. The van der Waals surface area contributed by atoms with E-state index in [9.17, 15) is 4.79 Å². The van der Waals surface area contributed by atoms with Crippen LogP contribution >= 0.6 is 11.6 Å². The lowest BCUT2D eigenvalue weighted by atomic mass is 9.85. The second-order valence-corrected chi connectivity index (χ2v) is 5.98. The van der Waals surface area contributed by atoms with Crippen LogP contribution in [0.4, 0.5) is 0 Å². The molecule has 18 heavy (non-hydrogen) atoms. The SMILES string of the molecule is CC1(C)Cc2ccc(Cl)cc2C1NCCC(=O)O. The first kappa shape index (κ1) is 13.4. The summed E-state index contributed by atoms with van der Waals surface area (Å²) in [6, 6.07) is 6.14. The molecule has 0 heterocycles. The van der Waals surface area contributed by atoms with E-state index in [-0.39, 0.29) is 17.9 Å². The lowest BCUT2D eigenvalue weighted by Gasteiger charge is -2.28. The normalized spacial score (nSPS) is 20.7. The third-order valence-electron chi connectivity index (χ3n) is 3.53. The van der Waals surface area contributed by atoms with Gasteiger partial charge >= 0.3 is 5.97 Å². The first-order valence-corrected chi connectivity index (χ1v) is 6.51. The van der Waals surface area contributed by atoms with Gasteiger partial charge in [0.2, 0.25) is 0 Å². The van der Waals surface area contributed by atoms with Crippen molar-refractivity contribution in [3.8, 4) is 0 Å². The summed E-state index contributed by atoms with van der Waals surface area (Å²) in [4.78, 5) is 10.6. The molecular formula is C14H18ClNO2. The van der Waals surface area contributed by atoms with E-state index >= 15 is 0 Å². The van der Waals surface area contributed by atoms with Gasteiger partial charge in [0.15, 0.2) is 0 Å². The van der Waals surface area contributed by atoms with E-state index in [1.807, 2.05) is 12.1 Å². The van der Waals surface area contributed by atoms with Crippen molar-refractivity contribution in [2.75, 3.05) is 6.54 Å². The maximum atomic E-state index is 10.6. The number of benzene rings is 1. The number of fused-ring (bicyclic) bond motifs is 1. The summed E-state index contributed by atoms with van der Waals surface area (Å²) >= 11 is 6.04. The number of carbonyl (C=O) groups is 1. The lowest BCUT2D eigenvalue weighted by molar-refractivity contribution is -0.136. The van der Waals surface area contributed by atoms with Crippen molar-refractivity contribution in [1.29, 1.82) is 0 Å². The summed E-state index contributed by atoms with van der Waals surface area (Å²) in [6.07, 6.45) is 1.13. The van der Waals surface area contributed by atoms with Crippen molar-refractivity contribution < 1.29 is 9.90 Å². The first-order valence-electron chi connectivity index (χ1n) is 6.13. The molecule has 0 fully saturated rings. The number of rotatable bonds is 4. The highest BCUT2D eigenvalue weighted by molar-refractivity contribution is 6.30. The molecule has 0 saturated heterocycles. The first-order chi connectivity index (χ1) is 8.40. The highest BCUT2D eigenvalue weighted by Gasteiger charge is 2.38. The minimum atomic E-state index is -0.773. The Hall–Kier alpha value is -1.06. The molecule has 1 aromatic carbocycles. The van der Waals surface area contributed by atoms with Gasteiger partial charge in [-0.25, -0.2) is 0 Å². The van der Waals surface area contributed by atoms with E-state index in [1.54, 1.807) is 0 Å². The Balaban J connectivity index is 2.17. The van der Waals surface area contributed by atoms with Crippen LogP contribution < -0.4 is 5.32 Å². The summed E-state index contributed by atoms with van der Waals surface area (Å²) in [5.74, 6) is -0.773.